The molecule has 1 unspecified atom stereocenters. The molecule has 4 nitrogen and oxygen atoms in total. The first-order valence-electron chi connectivity index (χ1n) is 6.10. The van der Waals surface area contributed by atoms with Crippen LogP contribution >= 0.6 is 11.6 Å². The minimum Gasteiger partial charge on any atom is -0.312 e. The Kier molecular flexibility index (Phi) is 4.46. The van der Waals surface area contributed by atoms with E-state index in [1.165, 1.54) is 0 Å². The molecule has 2 rings (SSSR count). The number of halogens is 1. The standard InChI is InChI=1S/C13H15ClN2O2S/c14-13-5-10(6-15)1-2-12(13)8-16-7-11-3-4-19(17,18)9-11/h1-2,5,11,16H,3-4,7-9H2. The molecule has 0 bridgehead atoms. The number of hydrogen-bond acceptors (Lipinski definition) is 4. The second-order valence-electron chi connectivity index (χ2n) is 4.82. The van der Waals surface area contributed by atoms with Crippen molar-refractivity contribution in [3.8, 4) is 6.07 Å². The normalized spacial score (nSPS) is 21.2. The third-order valence-electron chi connectivity index (χ3n) is 3.26. The monoisotopic (exact) mass is 298 g/mol. The van der Waals surface area contributed by atoms with E-state index in [-0.39, 0.29) is 11.7 Å². The van der Waals surface area contributed by atoms with E-state index in [9.17, 15) is 8.42 Å². The van der Waals surface area contributed by atoms with Crippen molar-refractivity contribution in [1.82, 2.24) is 5.32 Å². The lowest BCUT2D eigenvalue weighted by atomic mass is 10.1. The molecule has 102 valence electrons. The maximum absolute atomic E-state index is 11.3. The first kappa shape index (κ1) is 14.3. The Labute approximate surface area is 118 Å². The zero-order valence-electron chi connectivity index (χ0n) is 10.4. The van der Waals surface area contributed by atoms with E-state index in [1.807, 2.05) is 12.1 Å². The first-order chi connectivity index (χ1) is 9.00. The second kappa shape index (κ2) is 5.91. The number of benzene rings is 1. The number of sulfone groups is 1. The van der Waals surface area contributed by atoms with Crippen molar-refractivity contribution in [3.63, 3.8) is 0 Å². The van der Waals surface area contributed by atoms with Crippen molar-refractivity contribution >= 4 is 21.4 Å². The smallest absolute Gasteiger partial charge is 0.150 e. The minimum atomic E-state index is -2.81. The molecule has 0 amide bonds. The molecule has 0 aromatic heterocycles. The summed E-state index contributed by atoms with van der Waals surface area (Å²) in [6.07, 6.45) is 0.733. The molecule has 1 aromatic carbocycles. The van der Waals surface area contributed by atoms with Crippen molar-refractivity contribution in [2.75, 3.05) is 18.1 Å². The first-order valence-corrected chi connectivity index (χ1v) is 8.30. The van der Waals surface area contributed by atoms with Gasteiger partial charge in [-0.1, -0.05) is 17.7 Å². The van der Waals surface area contributed by atoms with Gasteiger partial charge in [0, 0.05) is 11.6 Å². The Morgan fingerprint density at radius 3 is 2.84 bits per heavy atom. The van der Waals surface area contributed by atoms with Crippen LogP contribution in [0.2, 0.25) is 5.02 Å². The van der Waals surface area contributed by atoms with Crippen LogP contribution in [-0.2, 0) is 16.4 Å². The molecule has 0 saturated carbocycles. The Hall–Kier alpha value is -1.09. The van der Waals surface area contributed by atoms with E-state index < -0.39 is 9.84 Å². The van der Waals surface area contributed by atoms with Crippen LogP contribution in [0.1, 0.15) is 17.5 Å². The van der Waals surface area contributed by atoms with Crippen molar-refractivity contribution in [2.45, 2.75) is 13.0 Å². The van der Waals surface area contributed by atoms with E-state index >= 15 is 0 Å². The largest absolute Gasteiger partial charge is 0.312 e. The number of rotatable bonds is 4. The third-order valence-corrected chi connectivity index (χ3v) is 5.45. The highest BCUT2D eigenvalue weighted by molar-refractivity contribution is 7.91. The molecule has 1 aliphatic heterocycles. The van der Waals surface area contributed by atoms with Gasteiger partial charge < -0.3 is 5.32 Å². The van der Waals surface area contributed by atoms with Crippen LogP contribution in [0.25, 0.3) is 0 Å². The van der Waals surface area contributed by atoms with Gasteiger partial charge in [-0.05, 0) is 36.6 Å². The van der Waals surface area contributed by atoms with Crippen molar-refractivity contribution in [3.05, 3.63) is 34.3 Å². The van der Waals surface area contributed by atoms with Gasteiger partial charge in [0.1, 0.15) is 0 Å². The Balaban J connectivity index is 1.85. The third kappa shape index (κ3) is 3.93. The fourth-order valence-corrected chi connectivity index (χ4v) is 4.31. The molecule has 1 aromatic rings. The average molecular weight is 299 g/mol. The summed E-state index contributed by atoms with van der Waals surface area (Å²) in [6.45, 7) is 1.26. The fourth-order valence-electron chi connectivity index (χ4n) is 2.20. The van der Waals surface area contributed by atoms with Crippen LogP contribution in [-0.4, -0.2) is 26.5 Å². The van der Waals surface area contributed by atoms with Crippen molar-refractivity contribution in [2.24, 2.45) is 5.92 Å². The van der Waals surface area contributed by atoms with Gasteiger partial charge in [-0.25, -0.2) is 8.42 Å². The molecule has 1 fully saturated rings. The number of nitriles is 1. The molecule has 1 atom stereocenters. The molecule has 19 heavy (non-hydrogen) atoms. The molecule has 1 heterocycles. The molecule has 1 saturated heterocycles. The van der Waals surface area contributed by atoms with E-state index in [0.717, 1.165) is 12.0 Å². The minimum absolute atomic E-state index is 0.196. The Morgan fingerprint density at radius 2 is 2.26 bits per heavy atom. The van der Waals surface area contributed by atoms with Gasteiger partial charge >= 0.3 is 0 Å². The van der Waals surface area contributed by atoms with Crippen molar-refractivity contribution in [1.29, 1.82) is 5.26 Å². The lowest BCUT2D eigenvalue weighted by molar-refractivity contribution is 0.521. The zero-order chi connectivity index (χ0) is 13.9. The topological polar surface area (TPSA) is 70.0 Å². The summed E-state index contributed by atoms with van der Waals surface area (Å²) >= 11 is 6.06. The highest BCUT2D eigenvalue weighted by Crippen LogP contribution is 2.19. The summed E-state index contributed by atoms with van der Waals surface area (Å²) in [5, 5.41) is 12.5. The molecular weight excluding hydrogens is 284 g/mol. The molecule has 6 heteroatoms. The Bertz CT molecular complexity index is 608. The summed E-state index contributed by atoms with van der Waals surface area (Å²) in [4.78, 5) is 0. The molecule has 0 radical (unpaired) electrons. The lowest BCUT2D eigenvalue weighted by Crippen LogP contribution is -2.23. The summed E-state index contributed by atoms with van der Waals surface area (Å²) in [5.74, 6) is 0.778. The zero-order valence-corrected chi connectivity index (χ0v) is 12.0. The quantitative estimate of drug-likeness (QED) is 0.919. The van der Waals surface area contributed by atoms with Crippen molar-refractivity contribution < 1.29 is 8.42 Å². The number of nitrogens with zero attached hydrogens (tertiary/aromatic N) is 1. The maximum atomic E-state index is 11.3. The van der Waals surface area contributed by atoms with Gasteiger partial charge in [-0.2, -0.15) is 5.26 Å². The average Bonchev–Trinajstić information content (AvgIpc) is 2.71. The lowest BCUT2D eigenvalue weighted by Gasteiger charge is -2.10. The predicted molar refractivity (Wildman–Crippen MR) is 74.6 cm³/mol. The fraction of sp³-hybridized carbons (Fsp3) is 0.462. The van der Waals surface area contributed by atoms with Crippen LogP contribution in [0.3, 0.4) is 0 Å². The Morgan fingerprint density at radius 1 is 1.47 bits per heavy atom. The van der Waals surface area contributed by atoms with E-state index in [0.29, 0.717) is 29.4 Å². The summed E-state index contributed by atoms with van der Waals surface area (Å²) < 4.78 is 22.6. The molecule has 0 aliphatic carbocycles. The van der Waals surface area contributed by atoms with Crippen LogP contribution in [0.5, 0.6) is 0 Å². The highest BCUT2D eigenvalue weighted by atomic mass is 35.5. The van der Waals surface area contributed by atoms with Gasteiger partial charge in [0.2, 0.25) is 0 Å². The van der Waals surface area contributed by atoms with Gasteiger partial charge in [0.25, 0.3) is 0 Å². The predicted octanol–water partition coefficient (Wildman–Crippen LogP) is 1.74. The summed E-state index contributed by atoms with van der Waals surface area (Å²) in [6, 6.07) is 7.21. The summed E-state index contributed by atoms with van der Waals surface area (Å²) in [7, 11) is -2.81. The van der Waals surface area contributed by atoms with Crippen LogP contribution in [0.4, 0.5) is 0 Å². The second-order valence-corrected chi connectivity index (χ2v) is 7.45. The van der Waals surface area contributed by atoms with Gasteiger partial charge in [-0.3, -0.25) is 0 Å². The van der Waals surface area contributed by atoms with Crippen LogP contribution < -0.4 is 5.32 Å². The molecule has 1 aliphatic rings. The highest BCUT2D eigenvalue weighted by Gasteiger charge is 2.27. The van der Waals surface area contributed by atoms with Gasteiger partial charge in [-0.15, -0.1) is 0 Å². The van der Waals surface area contributed by atoms with Crippen LogP contribution in [0, 0.1) is 17.2 Å². The van der Waals surface area contributed by atoms with Gasteiger partial charge in [0.05, 0.1) is 23.1 Å². The maximum Gasteiger partial charge on any atom is 0.150 e. The van der Waals surface area contributed by atoms with Gasteiger partial charge in [0.15, 0.2) is 9.84 Å². The number of nitrogens with one attached hydrogen (secondary N) is 1. The van der Waals surface area contributed by atoms with E-state index in [2.05, 4.69) is 5.32 Å². The SMILES string of the molecule is N#Cc1ccc(CNCC2CCS(=O)(=O)C2)c(Cl)c1. The van der Waals surface area contributed by atoms with E-state index in [4.69, 9.17) is 16.9 Å². The summed E-state index contributed by atoms with van der Waals surface area (Å²) in [5.41, 5.74) is 1.46. The van der Waals surface area contributed by atoms with Crippen LogP contribution in [0.15, 0.2) is 18.2 Å². The molecule has 1 N–H and O–H groups in total. The molecule has 0 spiro atoms. The molecular formula is C13H15ClN2O2S. The van der Waals surface area contributed by atoms with E-state index in [1.54, 1.807) is 12.1 Å². The number of hydrogen-bond donors (Lipinski definition) is 1.